The van der Waals surface area contributed by atoms with Crippen LogP contribution in [0.3, 0.4) is 0 Å². The highest BCUT2D eigenvalue weighted by Crippen LogP contribution is 2.61. The summed E-state index contributed by atoms with van der Waals surface area (Å²) in [6.45, 7) is 0. The van der Waals surface area contributed by atoms with E-state index in [0.717, 1.165) is 27.8 Å². The fraction of sp³-hybridized carbons (Fsp3) is 0.182. The Labute approximate surface area is 231 Å². The molecule has 0 aromatic heterocycles. The number of hydrogen-bond donors (Lipinski definition) is 1. The van der Waals surface area contributed by atoms with Crippen LogP contribution in [0, 0.1) is 11.8 Å². The number of imide groups is 1. The summed E-state index contributed by atoms with van der Waals surface area (Å²) in [6, 6.07) is 31.6. The van der Waals surface area contributed by atoms with Crippen molar-refractivity contribution in [3.8, 4) is 0 Å². The van der Waals surface area contributed by atoms with E-state index in [1.54, 1.807) is 24.3 Å². The molecule has 0 spiro atoms. The monoisotopic (exact) mass is 532 g/mol. The zero-order valence-corrected chi connectivity index (χ0v) is 21.7. The third-order valence-corrected chi connectivity index (χ3v) is 8.73. The first kappa shape index (κ1) is 23.9. The molecule has 4 aliphatic rings. The molecule has 1 fully saturated rings. The Morgan fingerprint density at radius 2 is 1.15 bits per heavy atom. The first-order valence-electron chi connectivity index (χ1n) is 13.2. The molecule has 6 heteroatoms. The SMILES string of the molecule is O=C(Nc1ccc(Cl)cc1)[C@H](Cc1ccccc1)N1C(=O)[C@H]2C3c4ccccc4C(c4ccccc43)[C@@H]2C1=O. The van der Waals surface area contributed by atoms with E-state index in [1.807, 2.05) is 54.6 Å². The second-order valence-corrected chi connectivity index (χ2v) is 10.9. The molecule has 8 rings (SSSR count). The minimum Gasteiger partial charge on any atom is -0.324 e. The first-order chi connectivity index (χ1) is 19.0. The lowest BCUT2D eigenvalue weighted by molar-refractivity contribution is -0.146. The van der Waals surface area contributed by atoms with Crippen molar-refractivity contribution in [1.29, 1.82) is 0 Å². The summed E-state index contributed by atoms with van der Waals surface area (Å²) in [5, 5.41) is 3.47. The quantitative estimate of drug-likeness (QED) is 0.331. The topological polar surface area (TPSA) is 66.5 Å². The number of halogens is 1. The molecule has 3 aliphatic carbocycles. The van der Waals surface area contributed by atoms with Crippen LogP contribution in [0.1, 0.15) is 39.7 Å². The van der Waals surface area contributed by atoms with Crippen LogP contribution in [0.15, 0.2) is 103 Å². The second-order valence-electron chi connectivity index (χ2n) is 10.5. The molecule has 192 valence electrons. The van der Waals surface area contributed by atoms with E-state index < -0.39 is 23.8 Å². The molecular weight excluding hydrogens is 508 g/mol. The van der Waals surface area contributed by atoms with Crippen LogP contribution in [-0.4, -0.2) is 28.7 Å². The number of benzene rings is 4. The number of hydrogen-bond acceptors (Lipinski definition) is 3. The maximum absolute atomic E-state index is 14.3. The van der Waals surface area contributed by atoms with Crippen LogP contribution >= 0.6 is 11.6 Å². The number of rotatable bonds is 5. The molecule has 0 unspecified atom stereocenters. The van der Waals surface area contributed by atoms with Crippen LogP contribution in [0.2, 0.25) is 5.02 Å². The number of anilines is 1. The second kappa shape index (κ2) is 9.21. The molecule has 1 aliphatic heterocycles. The van der Waals surface area contributed by atoms with E-state index in [9.17, 15) is 14.4 Å². The molecule has 5 nitrogen and oxygen atoms in total. The maximum atomic E-state index is 14.3. The van der Waals surface area contributed by atoms with E-state index in [-0.39, 0.29) is 30.1 Å². The Morgan fingerprint density at radius 3 is 1.64 bits per heavy atom. The zero-order valence-electron chi connectivity index (χ0n) is 21.0. The van der Waals surface area contributed by atoms with Gasteiger partial charge in [0.2, 0.25) is 17.7 Å². The van der Waals surface area contributed by atoms with Crippen molar-refractivity contribution in [2.75, 3.05) is 5.32 Å². The molecule has 39 heavy (non-hydrogen) atoms. The van der Waals surface area contributed by atoms with E-state index in [0.29, 0.717) is 10.7 Å². The number of nitrogens with zero attached hydrogens (tertiary/aromatic N) is 1. The fourth-order valence-electron chi connectivity index (χ4n) is 6.90. The normalized spacial score (nSPS) is 23.2. The predicted octanol–water partition coefficient (Wildman–Crippen LogP) is 5.78. The van der Waals surface area contributed by atoms with E-state index in [1.165, 1.54) is 4.90 Å². The summed E-state index contributed by atoms with van der Waals surface area (Å²) < 4.78 is 0. The minimum absolute atomic E-state index is 0.217. The van der Waals surface area contributed by atoms with Gasteiger partial charge in [-0.3, -0.25) is 19.3 Å². The number of carbonyl (C=O) groups is 3. The van der Waals surface area contributed by atoms with Gasteiger partial charge in [-0.1, -0.05) is 90.5 Å². The van der Waals surface area contributed by atoms with Gasteiger partial charge in [-0.15, -0.1) is 0 Å². The van der Waals surface area contributed by atoms with Gasteiger partial charge in [0, 0.05) is 29.0 Å². The molecule has 1 saturated heterocycles. The highest BCUT2D eigenvalue weighted by atomic mass is 35.5. The lowest BCUT2D eigenvalue weighted by atomic mass is 9.55. The molecule has 4 aromatic rings. The summed E-state index contributed by atoms with van der Waals surface area (Å²) in [5.41, 5.74) is 5.86. The van der Waals surface area contributed by atoms with Gasteiger partial charge in [-0.2, -0.15) is 0 Å². The van der Waals surface area contributed by atoms with Crippen molar-refractivity contribution >= 4 is 35.0 Å². The van der Waals surface area contributed by atoms with E-state index in [2.05, 4.69) is 29.6 Å². The summed E-state index contributed by atoms with van der Waals surface area (Å²) >= 11 is 6.03. The van der Waals surface area contributed by atoms with Crippen LogP contribution in [0.25, 0.3) is 0 Å². The molecule has 2 bridgehead atoms. The predicted molar refractivity (Wildman–Crippen MR) is 149 cm³/mol. The van der Waals surface area contributed by atoms with E-state index in [4.69, 9.17) is 11.6 Å². The molecule has 0 saturated carbocycles. The van der Waals surface area contributed by atoms with Gasteiger partial charge in [-0.25, -0.2) is 0 Å². The third-order valence-electron chi connectivity index (χ3n) is 8.48. The lowest BCUT2D eigenvalue weighted by Gasteiger charge is -2.45. The van der Waals surface area contributed by atoms with Crippen molar-refractivity contribution in [3.05, 3.63) is 136 Å². The smallest absolute Gasteiger partial charge is 0.248 e. The summed E-state index contributed by atoms with van der Waals surface area (Å²) in [4.78, 5) is 43.7. The highest BCUT2D eigenvalue weighted by molar-refractivity contribution is 6.30. The highest BCUT2D eigenvalue weighted by Gasteiger charge is 2.63. The zero-order chi connectivity index (χ0) is 26.7. The summed E-state index contributed by atoms with van der Waals surface area (Å²) in [6.07, 6.45) is 0.229. The molecule has 1 N–H and O–H groups in total. The molecule has 3 amide bonds. The third kappa shape index (κ3) is 3.72. The molecule has 1 heterocycles. The fourth-order valence-corrected chi connectivity index (χ4v) is 7.03. The lowest BCUT2D eigenvalue weighted by Crippen LogP contribution is -2.49. The number of carbonyl (C=O) groups excluding carboxylic acids is 3. The van der Waals surface area contributed by atoms with Crippen molar-refractivity contribution in [3.63, 3.8) is 0 Å². The molecule has 3 atom stereocenters. The van der Waals surface area contributed by atoms with Crippen LogP contribution in [0.4, 0.5) is 5.69 Å². The van der Waals surface area contributed by atoms with Gasteiger partial charge in [-0.05, 0) is 52.1 Å². The van der Waals surface area contributed by atoms with Gasteiger partial charge < -0.3 is 5.32 Å². The standard InChI is InChI=1S/C33H25ClN2O3/c34-20-14-16-21(17-15-20)35-31(37)26(18-19-8-2-1-3-9-19)36-32(38)29-27-22-10-4-5-11-23(22)28(30(29)33(36)39)25-13-7-6-12-24(25)27/h1-17,26-30H,18H2,(H,35,37)/t26-,27?,28?,29-,30-/m0/s1. The van der Waals surface area contributed by atoms with Crippen molar-refractivity contribution in [2.24, 2.45) is 11.8 Å². The van der Waals surface area contributed by atoms with Crippen LogP contribution in [-0.2, 0) is 20.8 Å². The van der Waals surface area contributed by atoms with Gasteiger partial charge in [0.1, 0.15) is 6.04 Å². The van der Waals surface area contributed by atoms with Gasteiger partial charge in [0.15, 0.2) is 0 Å². The van der Waals surface area contributed by atoms with Crippen molar-refractivity contribution < 1.29 is 14.4 Å². The van der Waals surface area contributed by atoms with Crippen LogP contribution in [0.5, 0.6) is 0 Å². The van der Waals surface area contributed by atoms with Gasteiger partial charge >= 0.3 is 0 Å². The Balaban J connectivity index is 1.31. The largest absolute Gasteiger partial charge is 0.324 e. The molecular formula is C33H25ClN2O3. The van der Waals surface area contributed by atoms with E-state index >= 15 is 0 Å². The Bertz CT molecular complexity index is 1500. The minimum atomic E-state index is -0.987. The van der Waals surface area contributed by atoms with Crippen molar-refractivity contribution in [1.82, 2.24) is 4.90 Å². The first-order valence-corrected chi connectivity index (χ1v) is 13.6. The Hall–Kier alpha value is -4.22. The number of nitrogens with one attached hydrogen (secondary N) is 1. The van der Waals surface area contributed by atoms with Crippen molar-refractivity contribution in [2.45, 2.75) is 24.3 Å². The van der Waals surface area contributed by atoms with Gasteiger partial charge in [0.25, 0.3) is 0 Å². The Morgan fingerprint density at radius 1 is 0.692 bits per heavy atom. The molecule has 4 aromatic carbocycles. The Kier molecular flexibility index (Phi) is 5.64. The maximum Gasteiger partial charge on any atom is 0.248 e. The summed E-state index contributed by atoms with van der Waals surface area (Å²) in [7, 11) is 0. The number of likely N-dealkylation sites (tertiary alicyclic amines) is 1. The average molecular weight is 533 g/mol. The number of amides is 3. The average Bonchev–Trinajstić information content (AvgIpc) is 3.23. The summed E-state index contributed by atoms with van der Waals surface area (Å²) in [5.74, 6) is -2.44. The van der Waals surface area contributed by atoms with Gasteiger partial charge in [0.05, 0.1) is 11.8 Å². The molecule has 0 radical (unpaired) electrons. The van der Waals surface area contributed by atoms with Crippen LogP contribution < -0.4 is 5.32 Å².